The van der Waals surface area contributed by atoms with E-state index in [1.807, 2.05) is 0 Å². The van der Waals surface area contributed by atoms with Crippen LogP contribution in [0.2, 0.25) is 0 Å². The molecule has 0 heterocycles. The predicted molar refractivity (Wildman–Crippen MR) is 99.9 cm³/mol. The lowest BCUT2D eigenvalue weighted by Gasteiger charge is -2.59. The number of rotatable bonds is 3. The Bertz CT molecular complexity index is 594. The van der Waals surface area contributed by atoms with E-state index in [0.717, 1.165) is 19.3 Å². The van der Waals surface area contributed by atoms with E-state index >= 15 is 0 Å². The molecule has 2 saturated carbocycles. The number of hydrogen-bond acceptors (Lipinski definition) is 3. The van der Waals surface area contributed by atoms with Crippen LogP contribution >= 0.6 is 0 Å². The van der Waals surface area contributed by atoms with Crippen LogP contribution in [-0.2, 0) is 9.53 Å². The van der Waals surface area contributed by atoms with Crippen molar-refractivity contribution < 1.29 is 14.6 Å². The minimum absolute atomic E-state index is 0.255. The molecular weight excluding hydrogens is 312 g/mol. The molecule has 1 N–H and O–H groups in total. The van der Waals surface area contributed by atoms with Gasteiger partial charge < -0.3 is 9.84 Å². The van der Waals surface area contributed by atoms with E-state index in [0.29, 0.717) is 11.8 Å². The van der Waals surface area contributed by atoms with E-state index in [1.54, 1.807) is 0 Å². The van der Waals surface area contributed by atoms with Crippen molar-refractivity contribution in [1.29, 1.82) is 0 Å². The Balaban J connectivity index is 1.92. The maximum Gasteiger partial charge on any atom is 0.302 e. The van der Waals surface area contributed by atoms with Crippen LogP contribution in [0.15, 0.2) is 24.3 Å². The Morgan fingerprint density at radius 2 is 2.08 bits per heavy atom. The van der Waals surface area contributed by atoms with Crippen molar-refractivity contribution in [2.24, 2.45) is 28.1 Å². The van der Waals surface area contributed by atoms with E-state index in [2.05, 4.69) is 39.5 Å². The highest BCUT2D eigenvalue weighted by Gasteiger charge is 2.56. The maximum absolute atomic E-state index is 11.4. The molecule has 0 spiro atoms. The zero-order chi connectivity index (χ0) is 18.5. The fourth-order valence-corrected chi connectivity index (χ4v) is 5.80. The summed E-state index contributed by atoms with van der Waals surface area (Å²) in [5.41, 5.74) is 1.44. The largest absolute Gasteiger partial charge is 0.465 e. The first-order valence-corrected chi connectivity index (χ1v) is 9.80. The van der Waals surface area contributed by atoms with Crippen LogP contribution in [0, 0.1) is 28.1 Å². The van der Waals surface area contributed by atoms with Gasteiger partial charge in [-0.3, -0.25) is 4.79 Å². The molecule has 3 aliphatic carbocycles. The van der Waals surface area contributed by atoms with Gasteiger partial charge in [0.2, 0.25) is 0 Å². The Labute approximate surface area is 152 Å². The van der Waals surface area contributed by atoms with Gasteiger partial charge >= 0.3 is 5.97 Å². The zero-order valence-electron chi connectivity index (χ0n) is 16.3. The summed E-state index contributed by atoms with van der Waals surface area (Å²) in [5, 5.41) is 10.7. The number of carbonyl (C=O) groups excluding carboxylic acids is 1. The van der Waals surface area contributed by atoms with Gasteiger partial charge in [0.05, 0.1) is 6.10 Å². The lowest BCUT2D eigenvalue weighted by atomic mass is 9.46. The van der Waals surface area contributed by atoms with E-state index in [1.165, 1.54) is 31.8 Å². The fraction of sp³-hybridized carbons (Fsp3) is 0.773. The van der Waals surface area contributed by atoms with Crippen LogP contribution < -0.4 is 0 Å². The summed E-state index contributed by atoms with van der Waals surface area (Å²) in [7, 11) is 0. The molecule has 0 aromatic rings. The normalized spacial score (nSPS) is 46.4. The standard InChI is InChI=1S/C22H34O3/c1-6-20(3)11-12-21(4)16(13-20)7-8-18-17(21)9-10-19(24)22(18,5)14-25-15(2)23/h6,8,16-17,19,24H,1,7,9-14H2,2-5H3. The third-order valence-corrected chi connectivity index (χ3v) is 7.87. The van der Waals surface area contributed by atoms with Crippen molar-refractivity contribution in [1.82, 2.24) is 0 Å². The molecule has 3 rings (SSSR count). The second-order valence-corrected chi connectivity index (χ2v) is 9.50. The first kappa shape index (κ1) is 18.7. The molecule has 3 aliphatic rings. The highest BCUT2D eigenvalue weighted by Crippen LogP contribution is 2.63. The molecule has 0 aromatic heterocycles. The Morgan fingerprint density at radius 1 is 1.36 bits per heavy atom. The zero-order valence-corrected chi connectivity index (χ0v) is 16.3. The van der Waals surface area contributed by atoms with Crippen LogP contribution in [0.1, 0.15) is 66.2 Å². The molecule has 140 valence electrons. The average Bonchev–Trinajstić information content (AvgIpc) is 2.57. The average molecular weight is 347 g/mol. The molecule has 0 aromatic carbocycles. The van der Waals surface area contributed by atoms with Gasteiger partial charge in [-0.25, -0.2) is 0 Å². The van der Waals surface area contributed by atoms with Gasteiger partial charge in [0.25, 0.3) is 0 Å². The van der Waals surface area contributed by atoms with Crippen molar-refractivity contribution in [3.05, 3.63) is 24.3 Å². The predicted octanol–water partition coefficient (Wildman–Crippen LogP) is 4.66. The molecule has 0 bridgehead atoms. The smallest absolute Gasteiger partial charge is 0.302 e. The second kappa shape index (κ2) is 6.26. The minimum atomic E-state index is -0.443. The van der Waals surface area contributed by atoms with Gasteiger partial charge in [-0.05, 0) is 61.2 Å². The van der Waals surface area contributed by atoms with Gasteiger partial charge in [0, 0.05) is 12.3 Å². The third kappa shape index (κ3) is 2.99. The van der Waals surface area contributed by atoms with E-state index in [9.17, 15) is 9.90 Å². The molecule has 0 aliphatic heterocycles. The lowest BCUT2D eigenvalue weighted by molar-refractivity contribution is -0.148. The Hall–Kier alpha value is -1.09. The summed E-state index contributed by atoms with van der Waals surface area (Å²) in [6.45, 7) is 12.7. The molecular formula is C22H34O3. The summed E-state index contributed by atoms with van der Waals surface area (Å²) >= 11 is 0. The summed E-state index contributed by atoms with van der Waals surface area (Å²) in [6, 6.07) is 0. The summed E-state index contributed by atoms with van der Waals surface area (Å²) in [4.78, 5) is 11.4. The van der Waals surface area contributed by atoms with Crippen LogP contribution in [-0.4, -0.2) is 23.8 Å². The number of aliphatic hydroxyl groups is 1. The number of allylic oxidation sites excluding steroid dienone is 2. The number of ether oxygens (including phenoxy) is 1. The molecule has 0 radical (unpaired) electrons. The first-order chi connectivity index (χ1) is 11.6. The Morgan fingerprint density at radius 3 is 2.72 bits per heavy atom. The number of fused-ring (bicyclic) bond motifs is 3. The first-order valence-electron chi connectivity index (χ1n) is 9.80. The van der Waals surface area contributed by atoms with E-state index in [-0.39, 0.29) is 23.4 Å². The van der Waals surface area contributed by atoms with Crippen LogP contribution in [0.3, 0.4) is 0 Å². The molecule has 2 fully saturated rings. The minimum Gasteiger partial charge on any atom is -0.465 e. The number of hydrogen-bond donors (Lipinski definition) is 1. The Kier molecular flexibility index (Phi) is 4.68. The topological polar surface area (TPSA) is 46.5 Å². The number of aliphatic hydroxyl groups excluding tert-OH is 1. The quantitative estimate of drug-likeness (QED) is 0.597. The van der Waals surface area contributed by atoms with Crippen molar-refractivity contribution in [2.45, 2.75) is 72.3 Å². The highest BCUT2D eigenvalue weighted by atomic mass is 16.5. The molecule has 0 saturated heterocycles. The lowest BCUT2D eigenvalue weighted by Crippen LogP contribution is -2.53. The van der Waals surface area contributed by atoms with Crippen molar-refractivity contribution >= 4 is 5.97 Å². The molecule has 6 unspecified atom stereocenters. The second-order valence-electron chi connectivity index (χ2n) is 9.50. The number of esters is 1. The van der Waals surface area contributed by atoms with Gasteiger partial charge in [-0.1, -0.05) is 38.5 Å². The molecule has 3 heteroatoms. The molecule has 3 nitrogen and oxygen atoms in total. The molecule has 0 amide bonds. The molecule has 25 heavy (non-hydrogen) atoms. The number of carbonyl (C=O) groups is 1. The van der Waals surface area contributed by atoms with Crippen molar-refractivity contribution in [3.8, 4) is 0 Å². The molecule has 6 atom stereocenters. The monoisotopic (exact) mass is 346 g/mol. The summed E-state index contributed by atoms with van der Waals surface area (Å²) < 4.78 is 5.37. The third-order valence-electron chi connectivity index (χ3n) is 7.87. The van der Waals surface area contributed by atoms with Crippen LogP contribution in [0.4, 0.5) is 0 Å². The van der Waals surface area contributed by atoms with E-state index in [4.69, 9.17) is 4.74 Å². The summed E-state index contributed by atoms with van der Waals surface area (Å²) in [5.74, 6) is 0.895. The van der Waals surface area contributed by atoms with Crippen molar-refractivity contribution in [3.63, 3.8) is 0 Å². The summed E-state index contributed by atoms with van der Waals surface area (Å²) in [6.07, 6.45) is 10.6. The van der Waals surface area contributed by atoms with Gasteiger partial charge in [-0.2, -0.15) is 0 Å². The van der Waals surface area contributed by atoms with Crippen LogP contribution in [0.25, 0.3) is 0 Å². The SMILES string of the molecule is C=CC1(C)CCC2(C)C(CC=C3C2CCC(O)C3(C)COC(C)=O)C1. The highest BCUT2D eigenvalue weighted by molar-refractivity contribution is 5.66. The maximum atomic E-state index is 11.4. The van der Waals surface area contributed by atoms with Gasteiger partial charge in [0.15, 0.2) is 0 Å². The van der Waals surface area contributed by atoms with Crippen LogP contribution in [0.5, 0.6) is 0 Å². The van der Waals surface area contributed by atoms with E-state index < -0.39 is 11.5 Å². The van der Waals surface area contributed by atoms with Crippen molar-refractivity contribution in [2.75, 3.05) is 6.61 Å². The van der Waals surface area contributed by atoms with Gasteiger partial charge in [-0.15, -0.1) is 6.58 Å². The fourth-order valence-electron chi connectivity index (χ4n) is 5.80. The van der Waals surface area contributed by atoms with Gasteiger partial charge in [0.1, 0.15) is 6.61 Å².